The first-order valence-corrected chi connectivity index (χ1v) is 9.89. The van der Waals surface area contributed by atoms with E-state index in [9.17, 15) is 10.2 Å². The fraction of sp³-hybridized carbons (Fsp3) is 0.455. The van der Waals surface area contributed by atoms with Gasteiger partial charge in [-0.25, -0.2) is 4.39 Å². The zero-order valence-corrected chi connectivity index (χ0v) is 16.8. The molecule has 2 N–H and O–H groups in total. The summed E-state index contributed by atoms with van der Waals surface area (Å²) in [4.78, 5) is 0. The molecule has 1 aliphatic rings. The predicted molar refractivity (Wildman–Crippen MR) is 107 cm³/mol. The van der Waals surface area contributed by atoms with Crippen LogP contribution in [0.2, 0.25) is 5.02 Å². The molecule has 6 heteroatoms. The molecule has 1 aliphatic heterocycles. The Morgan fingerprint density at radius 1 is 1.21 bits per heavy atom. The third-order valence-electron chi connectivity index (χ3n) is 5.16. The lowest BCUT2D eigenvalue weighted by Gasteiger charge is -2.33. The molecule has 152 valence electrons. The van der Waals surface area contributed by atoms with Gasteiger partial charge in [0.2, 0.25) is 0 Å². The Labute approximate surface area is 169 Å². The van der Waals surface area contributed by atoms with Crippen molar-refractivity contribution in [3.05, 3.63) is 64.2 Å². The molecule has 4 atom stereocenters. The highest BCUT2D eigenvalue weighted by atomic mass is 35.5. The standard InChI is InChI=1S/C22H26ClFO4/c1-3-27-17-7-5-15(6-8-17)22(2,24)19-10-14(4-9-20(19)23)21-12-16(26)11-18(13-25)28-21/h4-10,16,18,21,25-26H,3,11-13H2,1-2H3. The molecule has 1 heterocycles. The van der Waals surface area contributed by atoms with Crippen LogP contribution in [-0.2, 0) is 10.4 Å². The number of halogens is 2. The van der Waals surface area contributed by atoms with Crippen LogP contribution >= 0.6 is 11.6 Å². The summed E-state index contributed by atoms with van der Waals surface area (Å²) in [7, 11) is 0. The van der Waals surface area contributed by atoms with Crippen LogP contribution in [-0.4, -0.2) is 35.6 Å². The number of alkyl halides is 1. The van der Waals surface area contributed by atoms with Gasteiger partial charge in [-0.3, -0.25) is 0 Å². The Hall–Kier alpha value is -1.66. The number of ether oxygens (including phenoxy) is 2. The molecule has 2 aromatic carbocycles. The van der Waals surface area contributed by atoms with Crippen molar-refractivity contribution in [3.8, 4) is 5.75 Å². The first-order valence-electron chi connectivity index (χ1n) is 9.51. The smallest absolute Gasteiger partial charge is 0.159 e. The summed E-state index contributed by atoms with van der Waals surface area (Å²) in [6.45, 7) is 3.74. The molecule has 1 saturated heterocycles. The average molecular weight is 409 g/mol. The van der Waals surface area contributed by atoms with Crippen LogP contribution in [0.4, 0.5) is 4.39 Å². The van der Waals surface area contributed by atoms with Crippen molar-refractivity contribution in [1.29, 1.82) is 0 Å². The van der Waals surface area contributed by atoms with Crippen LogP contribution in [0.3, 0.4) is 0 Å². The van der Waals surface area contributed by atoms with Gasteiger partial charge in [0.25, 0.3) is 0 Å². The van der Waals surface area contributed by atoms with E-state index in [1.54, 1.807) is 42.5 Å². The van der Waals surface area contributed by atoms with Crippen LogP contribution in [0.15, 0.2) is 42.5 Å². The summed E-state index contributed by atoms with van der Waals surface area (Å²) in [6, 6.07) is 12.0. The highest BCUT2D eigenvalue weighted by molar-refractivity contribution is 6.31. The summed E-state index contributed by atoms with van der Waals surface area (Å²) < 4.78 is 27.1. The molecular formula is C22H26ClFO4. The zero-order valence-electron chi connectivity index (χ0n) is 16.1. The fourth-order valence-corrected chi connectivity index (χ4v) is 3.91. The second-order valence-electron chi connectivity index (χ2n) is 7.25. The molecule has 28 heavy (non-hydrogen) atoms. The SMILES string of the molecule is CCOc1ccc(C(C)(F)c2cc(C3CC(O)CC(CO)O3)ccc2Cl)cc1. The van der Waals surface area contributed by atoms with Crippen molar-refractivity contribution < 1.29 is 24.1 Å². The lowest BCUT2D eigenvalue weighted by molar-refractivity contribution is -0.113. The summed E-state index contributed by atoms with van der Waals surface area (Å²) in [6.07, 6.45) is -0.647. The van der Waals surface area contributed by atoms with E-state index in [1.807, 2.05) is 6.92 Å². The van der Waals surface area contributed by atoms with Gasteiger partial charge in [0.15, 0.2) is 5.67 Å². The molecule has 0 radical (unpaired) electrons. The maximum absolute atomic E-state index is 15.8. The van der Waals surface area contributed by atoms with E-state index in [0.717, 1.165) is 5.56 Å². The minimum absolute atomic E-state index is 0.166. The Morgan fingerprint density at radius 3 is 2.57 bits per heavy atom. The number of rotatable bonds is 6. The fourth-order valence-electron chi connectivity index (χ4n) is 3.61. The molecule has 0 spiro atoms. The monoisotopic (exact) mass is 408 g/mol. The first-order chi connectivity index (χ1) is 13.3. The third kappa shape index (κ3) is 4.49. The highest BCUT2D eigenvalue weighted by Gasteiger charge is 2.34. The molecule has 4 unspecified atom stereocenters. The Morgan fingerprint density at radius 2 is 1.93 bits per heavy atom. The minimum atomic E-state index is -1.82. The van der Waals surface area contributed by atoms with Crippen LogP contribution < -0.4 is 4.74 Å². The van der Waals surface area contributed by atoms with E-state index in [1.165, 1.54) is 6.92 Å². The van der Waals surface area contributed by atoms with Gasteiger partial charge in [0, 0.05) is 23.4 Å². The predicted octanol–water partition coefficient (Wildman–Crippen LogP) is 4.55. The molecule has 2 aromatic rings. The number of aliphatic hydroxyl groups is 2. The van der Waals surface area contributed by atoms with Crippen molar-refractivity contribution in [2.45, 2.75) is 50.7 Å². The lowest BCUT2D eigenvalue weighted by Crippen LogP contribution is -2.33. The number of hydrogen-bond acceptors (Lipinski definition) is 4. The number of hydrogen-bond donors (Lipinski definition) is 2. The first kappa shape index (κ1) is 21.1. The van der Waals surface area contributed by atoms with Crippen molar-refractivity contribution in [2.75, 3.05) is 13.2 Å². The lowest BCUT2D eigenvalue weighted by atomic mass is 9.87. The van der Waals surface area contributed by atoms with Gasteiger partial charge >= 0.3 is 0 Å². The molecular weight excluding hydrogens is 383 g/mol. The van der Waals surface area contributed by atoms with Crippen LogP contribution in [0.25, 0.3) is 0 Å². The molecule has 0 saturated carbocycles. The molecule has 0 aromatic heterocycles. The van der Waals surface area contributed by atoms with E-state index < -0.39 is 24.0 Å². The van der Waals surface area contributed by atoms with Gasteiger partial charge in [-0.2, -0.15) is 0 Å². The summed E-state index contributed by atoms with van der Waals surface area (Å²) in [5.41, 5.74) is -0.291. The maximum atomic E-state index is 15.8. The Kier molecular flexibility index (Phi) is 6.61. The third-order valence-corrected chi connectivity index (χ3v) is 5.49. The van der Waals surface area contributed by atoms with Gasteiger partial charge in [-0.05, 0) is 49.2 Å². The molecule has 4 nitrogen and oxygen atoms in total. The van der Waals surface area contributed by atoms with Crippen molar-refractivity contribution >= 4 is 11.6 Å². The van der Waals surface area contributed by atoms with Gasteiger partial charge in [-0.15, -0.1) is 0 Å². The van der Waals surface area contributed by atoms with Crippen molar-refractivity contribution in [3.63, 3.8) is 0 Å². The highest BCUT2D eigenvalue weighted by Crippen LogP contribution is 2.41. The van der Waals surface area contributed by atoms with E-state index in [2.05, 4.69) is 0 Å². The molecule has 1 fully saturated rings. The Bertz CT molecular complexity index is 794. The van der Waals surface area contributed by atoms with E-state index in [0.29, 0.717) is 41.3 Å². The quantitative estimate of drug-likeness (QED) is 0.736. The van der Waals surface area contributed by atoms with Crippen molar-refractivity contribution in [1.82, 2.24) is 0 Å². The van der Waals surface area contributed by atoms with Crippen LogP contribution in [0.1, 0.15) is 49.5 Å². The molecule has 3 rings (SSSR count). The maximum Gasteiger partial charge on any atom is 0.159 e. The van der Waals surface area contributed by atoms with E-state index in [4.69, 9.17) is 21.1 Å². The van der Waals surface area contributed by atoms with Gasteiger partial charge in [0.05, 0.1) is 31.5 Å². The molecule has 0 aliphatic carbocycles. The Balaban J connectivity index is 1.91. The van der Waals surface area contributed by atoms with E-state index in [-0.39, 0.29) is 6.61 Å². The second kappa shape index (κ2) is 8.78. The molecule has 0 amide bonds. The second-order valence-corrected chi connectivity index (χ2v) is 7.66. The van der Waals surface area contributed by atoms with Crippen LogP contribution in [0.5, 0.6) is 5.75 Å². The van der Waals surface area contributed by atoms with E-state index >= 15 is 4.39 Å². The minimum Gasteiger partial charge on any atom is -0.494 e. The summed E-state index contributed by atoms with van der Waals surface area (Å²) in [5.74, 6) is 0.682. The van der Waals surface area contributed by atoms with Gasteiger partial charge in [0.1, 0.15) is 5.75 Å². The van der Waals surface area contributed by atoms with Gasteiger partial charge < -0.3 is 19.7 Å². The summed E-state index contributed by atoms with van der Waals surface area (Å²) in [5, 5.41) is 19.8. The summed E-state index contributed by atoms with van der Waals surface area (Å²) >= 11 is 6.34. The zero-order chi connectivity index (χ0) is 20.3. The largest absolute Gasteiger partial charge is 0.494 e. The van der Waals surface area contributed by atoms with Gasteiger partial charge in [-0.1, -0.05) is 29.8 Å². The molecule has 0 bridgehead atoms. The normalized spacial score (nSPS) is 24.6. The topological polar surface area (TPSA) is 58.9 Å². The van der Waals surface area contributed by atoms with Crippen molar-refractivity contribution in [2.24, 2.45) is 0 Å². The number of aliphatic hydroxyl groups excluding tert-OH is 2. The van der Waals surface area contributed by atoms with Crippen LogP contribution in [0, 0.1) is 0 Å². The number of benzene rings is 2. The average Bonchev–Trinajstić information content (AvgIpc) is 2.68.